The van der Waals surface area contributed by atoms with Crippen LogP contribution in [0.2, 0.25) is 0 Å². The first-order valence-electron chi connectivity index (χ1n) is 10.7. The van der Waals surface area contributed by atoms with E-state index >= 15 is 0 Å². The predicted molar refractivity (Wildman–Crippen MR) is 125 cm³/mol. The number of nitrogens with one attached hydrogen (secondary N) is 1. The molecule has 1 amide bonds. The summed E-state index contributed by atoms with van der Waals surface area (Å²) in [6.07, 6.45) is 4.65. The second-order valence-corrected chi connectivity index (χ2v) is 10.9. The van der Waals surface area contributed by atoms with Crippen LogP contribution in [-0.4, -0.2) is 36.7 Å². The number of amides is 1. The molecule has 0 bridgehead atoms. The van der Waals surface area contributed by atoms with Gasteiger partial charge in [0.15, 0.2) is 0 Å². The quantitative estimate of drug-likeness (QED) is 0.556. The number of sulfonamides is 1. The summed E-state index contributed by atoms with van der Waals surface area (Å²) < 4.78 is 28.8. The number of para-hydroxylation sites is 1. The zero-order valence-corrected chi connectivity index (χ0v) is 19.3. The molecule has 2 aromatic carbocycles. The lowest BCUT2D eigenvalue weighted by Crippen LogP contribution is -2.36. The van der Waals surface area contributed by atoms with Crippen LogP contribution in [0.3, 0.4) is 0 Å². The third-order valence-corrected chi connectivity index (χ3v) is 8.67. The van der Waals surface area contributed by atoms with Crippen LogP contribution in [0.25, 0.3) is 10.2 Å². The second-order valence-electron chi connectivity index (χ2n) is 7.92. The Kier molecular flexibility index (Phi) is 6.69. The summed E-state index contributed by atoms with van der Waals surface area (Å²) in [5.74, 6) is -0.119. The average molecular weight is 458 g/mol. The van der Waals surface area contributed by atoms with Crippen molar-refractivity contribution in [3.8, 4) is 0 Å². The van der Waals surface area contributed by atoms with E-state index in [2.05, 4.69) is 16.4 Å². The third kappa shape index (κ3) is 5.14. The van der Waals surface area contributed by atoms with Gasteiger partial charge in [-0.25, -0.2) is 13.4 Å². The fourth-order valence-electron chi connectivity index (χ4n) is 3.85. The number of carbonyl (C=O) groups excluding carboxylic acids is 1. The van der Waals surface area contributed by atoms with E-state index in [0.29, 0.717) is 37.2 Å². The number of rotatable bonds is 7. The van der Waals surface area contributed by atoms with Gasteiger partial charge in [-0.05, 0) is 62.4 Å². The molecule has 0 atom stereocenters. The van der Waals surface area contributed by atoms with Gasteiger partial charge >= 0.3 is 0 Å². The molecule has 4 rings (SSSR count). The van der Waals surface area contributed by atoms with Gasteiger partial charge in [-0.3, -0.25) is 4.79 Å². The molecular formula is C23H27N3O3S2. The Morgan fingerprint density at radius 2 is 1.90 bits per heavy atom. The molecule has 1 aromatic heterocycles. The minimum Gasteiger partial charge on any atom is -0.326 e. The van der Waals surface area contributed by atoms with Crippen molar-refractivity contribution >= 4 is 43.2 Å². The van der Waals surface area contributed by atoms with Gasteiger partial charge in [0, 0.05) is 25.2 Å². The molecular weight excluding hydrogens is 430 g/mol. The van der Waals surface area contributed by atoms with Crippen molar-refractivity contribution in [1.29, 1.82) is 0 Å². The molecule has 3 aromatic rings. The lowest BCUT2D eigenvalue weighted by atomic mass is 10.2. The van der Waals surface area contributed by atoms with E-state index in [1.54, 1.807) is 40.8 Å². The molecule has 1 aliphatic heterocycles. The smallest absolute Gasteiger partial charge is 0.243 e. The van der Waals surface area contributed by atoms with E-state index in [1.165, 1.54) is 0 Å². The van der Waals surface area contributed by atoms with Crippen LogP contribution >= 0.6 is 11.3 Å². The lowest BCUT2D eigenvalue weighted by Gasteiger charge is -2.26. The highest BCUT2D eigenvalue weighted by Crippen LogP contribution is 2.26. The van der Waals surface area contributed by atoms with Gasteiger partial charge in [0.25, 0.3) is 0 Å². The number of carbonyl (C=O) groups is 1. The second kappa shape index (κ2) is 9.46. The Bertz CT molecular complexity index is 1150. The molecule has 0 saturated carbocycles. The normalized spacial score (nSPS) is 15.3. The molecule has 1 saturated heterocycles. The third-order valence-electron chi connectivity index (χ3n) is 5.54. The molecule has 31 heavy (non-hydrogen) atoms. The van der Waals surface area contributed by atoms with Gasteiger partial charge in [0.2, 0.25) is 15.9 Å². The van der Waals surface area contributed by atoms with Crippen molar-refractivity contribution in [3.63, 3.8) is 0 Å². The molecule has 2 heterocycles. The summed E-state index contributed by atoms with van der Waals surface area (Å²) in [6, 6.07) is 13.1. The first-order chi connectivity index (χ1) is 14.9. The molecule has 8 heteroatoms. The van der Waals surface area contributed by atoms with Gasteiger partial charge in [-0.15, -0.1) is 11.3 Å². The summed E-state index contributed by atoms with van der Waals surface area (Å²) in [5.41, 5.74) is 2.21. The standard InChI is InChI=1S/C23H27N3O3S2/c1-17-12-13-18(16-21(17)31(28,29)26-14-5-2-6-15-26)24-22(27)10-7-11-23-25-19-8-3-4-9-20(19)30-23/h3-4,8-9,12-13,16H,2,5-7,10-11,14-15H2,1H3,(H,24,27). The molecule has 1 fully saturated rings. The van der Waals surface area contributed by atoms with Crippen molar-refractivity contribution in [2.75, 3.05) is 18.4 Å². The van der Waals surface area contributed by atoms with Crippen molar-refractivity contribution < 1.29 is 13.2 Å². The highest BCUT2D eigenvalue weighted by atomic mass is 32.2. The van der Waals surface area contributed by atoms with Gasteiger partial charge in [0.1, 0.15) is 0 Å². The fourth-order valence-corrected chi connectivity index (χ4v) is 6.63. The molecule has 1 N–H and O–H groups in total. The first kappa shape index (κ1) is 21.9. The largest absolute Gasteiger partial charge is 0.326 e. The number of benzene rings is 2. The molecule has 1 aliphatic rings. The van der Waals surface area contributed by atoms with Crippen LogP contribution in [0.5, 0.6) is 0 Å². The molecule has 164 valence electrons. The number of nitrogens with zero attached hydrogens (tertiary/aromatic N) is 2. The minimum absolute atomic E-state index is 0.119. The van der Waals surface area contributed by atoms with Crippen LogP contribution in [0.15, 0.2) is 47.4 Å². The average Bonchev–Trinajstić information content (AvgIpc) is 3.18. The van der Waals surface area contributed by atoms with Crippen molar-refractivity contribution in [2.45, 2.75) is 50.3 Å². The number of hydrogen-bond acceptors (Lipinski definition) is 5. The van der Waals surface area contributed by atoms with Gasteiger partial charge in [0.05, 0.1) is 20.1 Å². The van der Waals surface area contributed by atoms with E-state index in [4.69, 9.17) is 0 Å². The molecule has 0 aliphatic carbocycles. The summed E-state index contributed by atoms with van der Waals surface area (Å²) in [6.45, 7) is 2.91. The van der Waals surface area contributed by atoms with Crippen LogP contribution in [0.4, 0.5) is 5.69 Å². The monoisotopic (exact) mass is 457 g/mol. The summed E-state index contributed by atoms with van der Waals surface area (Å²) >= 11 is 1.66. The molecule has 0 spiro atoms. The number of fused-ring (bicyclic) bond motifs is 1. The molecule has 0 radical (unpaired) electrons. The Labute approximate surface area is 187 Å². The number of piperidine rings is 1. The van der Waals surface area contributed by atoms with Gasteiger partial charge in [-0.2, -0.15) is 4.31 Å². The maximum absolute atomic E-state index is 13.1. The number of anilines is 1. The van der Waals surface area contributed by atoms with Gasteiger partial charge < -0.3 is 5.32 Å². The maximum Gasteiger partial charge on any atom is 0.243 e. The predicted octanol–water partition coefficient (Wildman–Crippen LogP) is 4.74. The van der Waals surface area contributed by atoms with Crippen molar-refractivity contribution in [3.05, 3.63) is 53.0 Å². The summed E-state index contributed by atoms with van der Waals surface area (Å²) in [7, 11) is -3.54. The lowest BCUT2D eigenvalue weighted by molar-refractivity contribution is -0.116. The highest BCUT2D eigenvalue weighted by molar-refractivity contribution is 7.89. The Hall–Kier alpha value is -2.29. The van der Waals surface area contributed by atoms with E-state index in [0.717, 1.165) is 40.9 Å². The molecule has 0 unspecified atom stereocenters. The van der Waals surface area contributed by atoms with Crippen molar-refractivity contribution in [1.82, 2.24) is 9.29 Å². The van der Waals surface area contributed by atoms with Crippen molar-refractivity contribution in [2.24, 2.45) is 0 Å². The first-order valence-corrected chi connectivity index (χ1v) is 12.9. The number of aromatic nitrogens is 1. The van der Waals surface area contributed by atoms with E-state index in [9.17, 15) is 13.2 Å². The van der Waals surface area contributed by atoms with Crippen LogP contribution < -0.4 is 5.32 Å². The van der Waals surface area contributed by atoms with E-state index in [-0.39, 0.29) is 10.8 Å². The van der Waals surface area contributed by atoms with Crippen LogP contribution in [-0.2, 0) is 21.2 Å². The Morgan fingerprint density at radius 3 is 2.68 bits per heavy atom. The zero-order chi connectivity index (χ0) is 21.8. The van der Waals surface area contributed by atoms with Gasteiger partial charge in [-0.1, -0.05) is 24.6 Å². The molecule has 6 nitrogen and oxygen atoms in total. The van der Waals surface area contributed by atoms with E-state index in [1.807, 2.05) is 18.2 Å². The van der Waals surface area contributed by atoms with Crippen LogP contribution in [0.1, 0.15) is 42.7 Å². The maximum atomic E-state index is 13.1. The Balaban J connectivity index is 1.37. The zero-order valence-electron chi connectivity index (χ0n) is 17.6. The fraction of sp³-hybridized carbons (Fsp3) is 0.391. The van der Waals surface area contributed by atoms with Crippen LogP contribution in [0, 0.1) is 6.92 Å². The topological polar surface area (TPSA) is 79.4 Å². The number of hydrogen-bond donors (Lipinski definition) is 1. The Morgan fingerprint density at radius 1 is 1.13 bits per heavy atom. The number of thiazole rings is 1. The number of aryl methyl sites for hydroxylation is 2. The minimum atomic E-state index is -3.54. The highest BCUT2D eigenvalue weighted by Gasteiger charge is 2.27. The summed E-state index contributed by atoms with van der Waals surface area (Å²) in [5, 5.41) is 3.89. The SMILES string of the molecule is Cc1ccc(NC(=O)CCCc2nc3ccccc3s2)cc1S(=O)(=O)N1CCCCC1. The van der Waals surface area contributed by atoms with E-state index < -0.39 is 10.0 Å². The summed E-state index contributed by atoms with van der Waals surface area (Å²) in [4.78, 5) is 17.3.